The standard InChI is InChI=1S/C30H27Cl2N7O4/c1-17-3-9-23(38-16-25(31)36-37-38)22(13-17)19-14-21-8-10-24(39(21)26(40)15-19)29-34-27(28(32)35-29)18-4-6-20(7-5-18)33-30(41)43-12-11-42-2/h3-7,9,13-16,24H,8,10-12H2,1-2H3,(H,33,41)(H,34,35)/t24-/m0/s1. The van der Waals surface area contributed by atoms with Crippen LogP contribution in [0.3, 0.4) is 0 Å². The number of imidazole rings is 1. The molecule has 4 heterocycles. The van der Waals surface area contributed by atoms with Crippen molar-refractivity contribution >= 4 is 35.0 Å². The molecule has 0 radical (unpaired) electrons. The van der Waals surface area contributed by atoms with E-state index in [1.54, 1.807) is 45.8 Å². The van der Waals surface area contributed by atoms with Crippen molar-refractivity contribution in [1.29, 1.82) is 0 Å². The topological polar surface area (TPSA) is 129 Å². The number of hydrogen-bond acceptors (Lipinski definition) is 7. The smallest absolute Gasteiger partial charge is 0.411 e. The Bertz CT molecular complexity index is 1860. The molecule has 13 heteroatoms. The molecule has 2 N–H and O–H groups in total. The summed E-state index contributed by atoms with van der Waals surface area (Å²) in [4.78, 5) is 33.4. The molecule has 0 unspecified atom stereocenters. The molecule has 0 saturated heterocycles. The highest BCUT2D eigenvalue weighted by Gasteiger charge is 2.29. The number of carbonyl (C=O) groups is 1. The largest absolute Gasteiger partial charge is 0.447 e. The number of hydrogen-bond donors (Lipinski definition) is 2. The number of aromatic amines is 1. The maximum atomic E-state index is 13.6. The van der Waals surface area contributed by atoms with Crippen molar-refractivity contribution in [3.63, 3.8) is 0 Å². The number of methoxy groups -OCH3 is 1. The average Bonchev–Trinajstić information content (AvgIpc) is 3.72. The number of amides is 1. The highest BCUT2D eigenvalue weighted by Crippen LogP contribution is 2.36. The predicted octanol–water partition coefficient (Wildman–Crippen LogP) is 5.83. The number of halogens is 2. The number of H-pyrrole nitrogens is 1. The molecule has 0 aliphatic carbocycles. The second-order valence-electron chi connectivity index (χ2n) is 10.1. The van der Waals surface area contributed by atoms with Crippen molar-refractivity contribution in [2.24, 2.45) is 0 Å². The number of carbonyl (C=O) groups excluding carboxylic acids is 1. The van der Waals surface area contributed by atoms with Gasteiger partial charge in [0.2, 0.25) is 0 Å². The van der Waals surface area contributed by atoms with E-state index >= 15 is 0 Å². The molecule has 5 aromatic rings. The highest BCUT2D eigenvalue weighted by atomic mass is 35.5. The lowest BCUT2D eigenvalue weighted by atomic mass is 10.0. The molecule has 0 saturated carbocycles. The third-order valence-corrected chi connectivity index (χ3v) is 7.67. The van der Waals surface area contributed by atoms with Crippen LogP contribution >= 0.6 is 23.2 Å². The number of nitrogens with zero attached hydrogens (tertiary/aromatic N) is 5. The van der Waals surface area contributed by atoms with Gasteiger partial charge in [0.05, 0.1) is 24.5 Å². The molecule has 1 aliphatic heterocycles. The van der Waals surface area contributed by atoms with Crippen LogP contribution < -0.4 is 10.9 Å². The number of anilines is 1. The minimum Gasteiger partial charge on any atom is -0.447 e. The van der Waals surface area contributed by atoms with Gasteiger partial charge in [0, 0.05) is 35.7 Å². The molecule has 1 amide bonds. The fourth-order valence-corrected chi connectivity index (χ4v) is 5.63. The summed E-state index contributed by atoms with van der Waals surface area (Å²) in [5.74, 6) is 0.603. The Labute approximate surface area is 256 Å². The summed E-state index contributed by atoms with van der Waals surface area (Å²) in [6, 6.07) is 16.4. The highest BCUT2D eigenvalue weighted by molar-refractivity contribution is 6.32. The van der Waals surface area contributed by atoms with Gasteiger partial charge in [-0.2, -0.15) is 0 Å². The number of aryl methyl sites for hydroxylation is 2. The van der Waals surface area contributed by atoms with E-state index in [1.165, 1.54) is 7.11 Å². The average molecular weight is 620 g/mol. The van der Waals surface area contributed by atoms with E-state index in [0.717, 1.165) is 33.6 Å². The molecular formula is C30H27Cl2N7O4. The molecule has 6 rings (SSSR count). The summed E-state index contributed by atoms with van der Waals surface area (Å²) in [5.41, 5.74) is 6.11. The summed E-state index contributed by atoms with van der Waals surface area (Å²) in [5, 5.41) is 11.3. The second-order valence-corrected chi connectivity index (χ2v) is 10.9. The van der Waals surface area contributed by atoms with Crippen molar-refractivity contribution in [2.45, 2.75) is 25.8 Å². The van der Waals surface area contributed by atoms with Gasteiger partial charge in [-0.1, -0.05) is 52.2 Å². The predicted molar refractivity (Wildman–Crippen MR) is 163 cm³/mol. The Balaban J connectivity index is 1.26. The zero-order valence-corrected chi connectivity index (χ0v) is 24.8. The quantitative estimate of drug-likeness (QED) is 0.209. The van der Waals surface area contributed by atoms with Crippen LogP contribution in [-0.2, 0) is 15.9 Å². The summed E-state index contributed by atoms with van der Waals surface area (Å²) in [6.07, 6.45) is 2.44. The number of benzene rings is 2. The van der Waals surface area contributed by atoms with Crippen molar-refractivity contribution in [3.05, 3.63) is 98.5 Å². The molecule has 2 aromatic carbocycles. The molecule has 0 spiro atoms. The molecule has 1 aliphatic rings. The van der Waals surface area contributed by atoms with Crippen LogP contribution in [0.1, 0.15) is 29.5 Å². The number of fused-ring (bicyclic) bond motifs is 1. The van der Waals surface area contributed by atoms with E-state index in [-0.39, 0.29) is 23.4 Å². The first-order valence-electron chi connectivity index (χ1n) is 13.5. The lowest BCUT2D eigenvalue weighted by Gasteiger charge is -2.15. The van der Waals surface area contributed by atoms with Gasteiger partial charge in [0.15, 0.2) is 5.15 Å². The van der Waals surface area contributed by atoms with Crippen LogP contribution in [0.5, 0.6) is 0 Å². The van der Waals surface area contributed by atoms with Gasteiger partial charge in [-0.15, -0.1) is 5.10 Å². The summed E-state index contributed by atoms with van der Waals surface area (Å²) >= 11 is 12.6. The Hall–Kier alpha value is -4.45. The van der Waals surface area contributed by atoms with Crippen LogP contribution in [0.25, 0.3) is 28.1 Å². The van der Waals surface area contributed by atoms with Gasteiger partial charge in [0.25, 0.3) is 5.56 Å². The maximum Gasteiger partial charge on any atom is 0.411 e. The first-order chi connectivity index (χ1) is 20.8. The molecule has 0 fully saturated rings. The Morgan fingerprint density at radius 1 is 1.09 bits per heavy atom. The number of aromatic nitrogens is 6. The minimum atomic E-state index is -0.570. The second kappa shape index (κ2) is 12.0. The van der Waals surface area contributed by atoms with E-state index in [2.05, 4.69) is 20.6 Å². The Kier molecular flexibility index (Phi) is 8.02. The fourth-order valence-electron chi connectivity index (χ4n) is 5.25. The van der Waals surface area contributed by atoms with Crippen LogP contribution in [0.4, 0.5) is 10.5 Å². The third kappa shape index (κ3) is 5.92. The normalized spacial score (nSPS) is 14.1. The van der Waals surface area contributed by atoms with Crippen molar-refractivity contribution in [3.8, 4) is 28.1 Å². The van der Waals surface area contributed by atoms with Crippen LogP contribution in [0, 0.1) is 6.92 Å². The molecule has 43 heavy (non-hydrogen) atoms. The number of pyridine rings is 1. The van der Waals surface area contributed by atoms with E-state index < -0.39 is 6.09 Å². The molecule has 220 valence electrons. The first-order valence-corrected chi connectivity index (χ1v) is 14.3. The lowest BCUT2D eigenvalue weighted by molar-refractivity contribution is 0.107. The SMILES string of the molecule is COCCOC(=O)Nc1ccc(-c2nc([C@@H]3CCc4cc(-c5cc(C)ccc5-n5cc(Cl)nn5)cc(=O)n43)[nH]c2Cl)cc1. The van der Waals surface area contributed by atoms with Crippen molar-refractivity contribution in [2.75, 3.05) is 25.6 Å². The van der Waals surface area contributed by atoms with Gasteiger partial charge in [-0.05, 0) is 55.7 Å². The van der Waals surface area contributed by atoms with Gasteiger partial charge in [0.1, 0.15) is 23.3 Å². The molecule has 3 aromatic heterocycles. The molecule has 1 atom stereocenters. The van der Waals surface area contributed by atoms with Gasteiger partial charge in [-0.25, -0.2) is 14.5 Å². The van der Waals surface area contributed by atoms with E-state index in [4.69, 9.17) is 37.7 Å². The number of rotatable bonds is 8. The lowest BCUT2D eigenvalue weighted by Crippen LogP contribution is -2.24. The number of nitrogens with one attached hydrogen (secondary N) is 2. The summed E-state index contributed by atoms with van der Waals surface area (Å²) in [6.45, 7) is 2.48. The van der Waals surface area contributed by atoms with Crippen LogP contribution in [0.15, 0.2) is 65.6 Å². The first kappa shape index (κ1) is 28.7. The van der Waals surface area contributed by atoms with Crippen LogP contribution in [-0.4, -0.2) is 55.9 Å². The fraction of sp³-hybridized carbons (Fsp3) is 0.233. The summed E-state index contributed by atoms with van der Waals surface area (Å²) < 4.78 is 13.3. The maximum absolute atomic E-state index is 13.6. The zero-order chi connectivity index (χ0) is 30.1. The number of ether oxygens (including phenoxy) is 2. The van der Waals surface area contributed by atoms with Gasteiger partial charge in [-0.3, -0.25) is 10.1 Å². The van der Waals surface area contributed by atoms with Gasteiger partial charge < -0.3 is 19.0 Å². The Morgan fingerprint density at radius 3 is 2.65 bits per heavy atom. The van der Waals surface area contributed by atoms with Gasteiger partial charge >= 0.3 is 6.09 Å². The van der Waals surface area contributed by atoms with Crippen LogP contribution in [0.2, 0.25) is 10.3 Å². The molecule has 0 bridgehead atoms. The third-order valence-electron chi connectivity index (χ3n) is 7.23. The van der Waals surface area contributed by atoms with Crippen molar-refractivity contribution < 1.29 is 14.3 Å². The van der Waals surface area contributed by atoms with E-state index in [9.17, 15) is 9.59 Å². The monoisotopic (exact) mass is 619 g/mol. The zero-order valence-electron chi connectivity index (χ0n) is 23.3. The summed E-state index contributed by atoms with van der Waals surface area (Å²) in [7, 11) is 1.53. The Morgan fingerprint density at radius 2 is 1.91 bits per heavy atom. The van der Waals surface area contributed by atoms with E-state index in [0.29, 0.717) is 41.8 Å². The van der Waals surface area contributed by atoms with E-state index in [1.807, 2.05) is 31.2 Å². The molecular weight excluding hydrogens is 593 g/mol. The molecule has 11 nitrogen and oxygen atoms in total. The minimum absolute atomic E-state index is 0.138. The van der Waals surface area contributed by atoms with Crippen molar-refractivity contribution in [1.82, 2.24) is 29.5 Å².